The SMILES string of the molecule is CCC(C)C1CN(Cc2cncs2)C(C)(C2CC2)CN1. The van der Waals surface area contributed by atoms with Crippen LogP contribution in [0.5, 0.6) is 0 Å². The van der Waals surface area contributed by atoms with Gasteiger partial charge in [-0.05, 0) is 31.6 Å². The van der Waals surface area contributed by atoms with Crippen LogP contribution in [0.15, 0.2) is 11.7 Å². The van der Waals surface area contributed by atoms with E-state index in [1.54, 1.807) is 11.3 Å². The Morgan fingerprint density at radius 2 is 2.35 bits per heavy atom. The van der Waals surface area contributed by atoms with Crippen molar-refractivity contribution in [3.8, 4) is 0 Å². The van der Waals surface area contributed by atoms with Gasteiger partial charge >= 0.3 is 0 Å². The number of rotatable bonds is 5. The van der Waals surface area contributed by atoms with E-state index in [4.69, 9.17) is 0 Å². The Hall–Kier alpha value is -0.450. The maximum Gasteiger partial charge on any atom is 0.0794 e. The van der Waals surface area contributed by atoms with Crippen LogP contribution in [-0.2, 0) is 6.54 Å². The molecule has 3 atom stereocenters. The van der Waals surface area contributed by atoms with E-state index in [2.05, 4.69) is 36.0 Å². The maximum absolute atomic E-state index is 4.24. The van der Waals surface area contributed by atoms with Crippen LogP contribution in [0.2, 0.25) is 0 Å². The van der Waals surface area contributed by atoms with Crippen LogP contribution in [0, 0.1) is 11.8 Å². The van der Waals surface area contributed by atoms with Gasteiger partial charge in [0.1, 0.15) is 0 Å². The number of nitrogens with one attached hydrogen (secondary N) is 1. The first-order chi connectivity index (χ1) is 9.63. The van der Waals surface area contributed by atoms with Gasteiger partial charge in [-0.1, -0.05) is 20.3 Å². The van der Waals surface area contributed by atoms with Crippen molar-refractivity contribution in [3.63, 3.8) is 0 Å². The van der Waals surface area contributed by atoms with Crippen LogP contribution in [0.25, 0.3) is 0 Å². The second-order valence-corrected chi connectivity index (χ2v) is 7.82. The van der Waals surface area contributed by atoms with Crippen LogP contribution < -0.4 is 5.32 Å². The number of hydrogen-bond donors (Lipinski definition) is 1. The van der Waals surface area contributed by atoms with Gasteiger partial charge in [0.25, 0.3) is 0 Å². The third kappa shape index (κ3) is 2.78. The Bertz CT molecular complexity index is 429. The fraction of sp³-hybridized carbons (Fsp3) is 0.812. The van der Waals surface area contributed by atoms with E-state index in [1.165, 1.54) is 30.7 Å². The summed E-state index contributed by atoms with van der Waals surface area (Å²) in [5, 5.41) is 3.84. The van der Waals surface area contributed by atoms with Gasteiger partial charge in [0.15, 0.2) is 0 Å². The molecule has 0 aromatic carbocycles. The van der Waals surface area contributed by atoms with Crippen molar-refractivity contribution >= 4 is 11.3 Å². The lowest BCUT2D eigenvalue weighted by Crippen LogP contribution is -2.65. The topological polar surface area (TPSA) is 28.2 Å². The molecule has 1 saturated heterocycles. The molecule has 0 amide bonds. The first kappa shape index (κ1) is 14.5. The highest BCUT2D eigenvalue weighted by atomic mass is 32.1. The van der Waals surface area contributed by atoms with Gasteiger partial charge in [-0.2, -0.15) is 0 Å². The lowest BCUT2D eigenvalue weighted by molar-refractivity contribution is 0.0173. The van der Waals surface area contributed by atoms with Crippen molar-refractivity contribution in [1.82, 2.24) is 15.2 Å². The molecule has 3 rings (SSSR count). The van der Waals surface area contributed by atoms with Gasteiger partial charge in [-0.25, -0.2) is 0 Å². The van der Waals surface area contributed by atoms with Crippen molar-refractivity contribution in [3.05, 3.63) is 16.6 Å². The van der Waals surface area contributed by atoms with Crippen molar-refractivity contribution in [1.29, 1.82) is 0 Å². The molecule has 0 radical (unpaired) electrons. The quantitative estimate of drug-likeness (QED) is 0.904. The molecule has 1 aliphatic carbocycles. The number of piperazine rings is 1. The van der Waals surface area contributed by atoms with Crippen LogP contribution in [0.4, 0.5) is 0 Å². The van der Waals surface area contributed by atoms with E-state index in [0.717, 1.165) is 24.9 Å². The first-order valence-electron chi connectivity index (χ1n) is 7.99. The fourth-order valence-electron chi connectivity index (χ4n) is 3.49. The summed E-state index contributed by atoms with van der Waals surface area (Å²) in [6.45, 7) is 10.5. The number of nitrogens with zero attached hydrogens (tertiary/aromatic N) is 2. The molecular weight excluding hydrogens is 266 g/mol. The number of hydrogen-bond acceptors (Lipinski definition) is 4. The standard InChI is InChI=1S/C16H27N3S/c1-4-12(2)15-9-19(8-14-7-17-11-20-14)16(3,10-18-15)13-5-6-13/h7,11-13,15,18H,4-6,8-10H2,1-3H3. The molecule has 2 heterocycles. The zero-order valence-corrected chi connectivity index (χ0v) is 13.7. The molecule has 1 aliphatic heterocycles. The molecule has 2 aliphatic rings. The Labute approximate surface area is 126 Å². The third-order valence-electron chi connectivity index (χ3n) is 5.48. The van der Waals surface area contributed by atoms with E-state index < -0.39 is 0 Å². The molecular formula is C16H27N3S. The van der Waals surface area contributed by atoms with Crippen LogP contribution in [0.1, 0.15) is 44.9 Å². The highest BCUT2D eigenvalue weighted by Crippen LogP contribution is 2.45. The summed E-state index contributed by atoms with van der Waals surface area (Å²) in [6.07, 6.45) is 6.11. The summed E-state index contributed by atoms with van der Waals surface area (Å²) in [6, 6.07) is 0.639. The smallest absolute Gasteiger partial charge is 0.0794 e. The zero-order valence-electron chi connectivity index (χ0n) is 12.9. The average molecular weight is 293 g/mol. The molecule has 0 spiro atoms. The monoisotopic (exact) mass is 293 g/mol. The van der Waals surface area contributed by atoms with Crippen LogP contribution in [-0.4, -0.2) is 34.6 Å². The summed E-state index contributed by atoms with van der Waals surface area (Å²) < 4.78 is 0. The molecule has 20 heavy (non-hydrogen) atoms. The normalized spacial score (nSPS) is 33.2. The lowest BCUT2D eigenvalue weighted by atomic mass is 9.86. The molecule has 0 bridgehead atoms. The van der Waals surface area contributed by atoms with Crippen molar-refractivity contribution < 1.29 is 0 Å². The molecule has 1 saturated carbocycles. The zero-order chi connectivity index (χ0) is 14.2. The summed E-state index contributed by atoms with van der Waals surface area (Å²) in [5.74, 6) is 1.64. The minimum absolute atomic E-state index is 0.341. The molecule has 2 fully saturated rings. The fourth-order valence-corrected chi connectivity index (χ4v) is 4.10. The minimum atomic E-state index is 0.341. The van der Waals surface area contributed by atoms with Crippen molar-refractivity contribution in [2.24, 2.45) is 11.8 Å². The second kappa shape index (κ2) is 5.74. The van der Waals surface area contributed by atoms with E-state index in [0.29, 0.717) is 11.6 Å². The van der Waals surface area contributed by atoms with Crippen LogP contribution in [0.3, 0.4) is 0 Å². The van der Waals surface area contributed by atoms with Gasteiger partial charge in [0.2, 0.25) is 0 Å². The lowest BCUT2D eigenvalue weighted by Gasteiger charge is -2.49. The maximum atomic E-state index is 4.24. The van der Waals surface area contributed by atoms with Gasteiger partial charge < -0.3 is 5.32 Å². The van der Waals surface area contributed by atoms with E-state index >= 15 is 0 Å². The Balaban J connectivity index is 1.75. The third-order valence-corrected chi connectivity index (χ3v) is 6.24. The molecule has 3 unspecified atom stereocenters. The van der Waals surface area contributed by atoms with Crippen LogP contribution >= 0.6 is 11.3 Å². The van der Waals surface area contributed by atoms with E-state index in [9.17, 15) is 0 Å². The molecule has 1 N–H and O–H groups in total. The van der Waals surface area contributed by atoms with Crippen molar-refractivity contribution in [2.45, 2.75) is 58.2 Å². The van der Waals surface area contributed by atoms with E-state index in [1.807, 2.05) is 11.7 Å². The summed E-state index contributed by atoms with van der Waals surface area (Å²) in [7, 11) is 0. The van der Waals surface area contributed by atoms with Gasteiger partial charge in [0.05, 0.1) is 5.51 Å². The average Bonchev–Trinajstić information content (AvgIpc) is 3.20. The Kier molecular flexibility index (Phi) is 4.16. The Morgan fingerprint density at radius 1 is 1.55 bits per heavy atom. The van der Waals surface area contributed by atoms with Gasteiger partial charge in [-0.3, -0.25) is 9.88 Å². The highest BCUT2D eigenvalue weighted by molar-refractivity contribution is 7.09. The summed E-state index contributed by atoms with van der Waals surface area (Å²) in [5.41, 5.74) is 2.30. The highest BCUT2D eigenvalue weighted by Gasteiger charge is 2.48. The molecule has 1 aromatic rings. The predicted molar refractivity (Wildman–Crippen MR) is 84.9 cm³/mol. The predicted octanol–water partition coefficient (Wildman–Crippen LogP) is 3.13. The first-order valence-corrected chi connectivity index (χ1v) is 8.87. The van der Waals surface area contributed by atoms with E-state index in [-0.39, 0.29) is 0 Å². The summed E-state index contributed by atoms with van der Waals surface area (Å²) in [4.78, 5) is 8.39. The summed E-state index contributed by atoms with van der Waals surface area (Å²) >= 11 is 1.79. The van der Waals surface area contributed by atoms with Crippen molar-refractivity contribution in [2.75, 3.05) is 13.1 Å². The number of aromatic nitrogens is 1. The molecule has 4 heteroatoms. The van der Waals surface area contributed by atoms with Gasteiger partial charge in [-0.15, -0.1) is 11.3 Å². The molecule has 1 aromatic heterocycles. The minimum Gasteiger partial charge on any atom is -0.311 e. The largest absolute Gasteiger partial charge is 0.311 e. The second-order valence-electron chi connectivity index (χ2n) is 6.85. The molecule has 3 nitrogen and oxygen atoms in total. The Morgan fingerprint density at radius 3 is 2.95 bits per heavy atom. The van der Waals surface area contributed by atoms with Gasteiger partial charge in [0, 0.05) is 42.3 Å². The molecule has 112 valence electrons. The number of thiazole rings is 1.